The van der Waals surface area contributed by atoms with Crippen LogP contribution in [0.25, 0.3) is 0 Å². The Hall–Kier alpha value is -1.85. The molecule has 104 valence electrons. The first kappa shape index (κ1) is 13.6. The normalized spacial score (nSPS) is 19.7. The van der Waals surface area contributed by atoms with E-state index in [2.05, 4.69) is 10.2 Å². The molecule has 1 fully saturated rings. The molecule has 1 amide bonds. The molecule has 1 aliphatic rings. The number of nitrogens with zero attached hydrogens (tertiary/aromatic N) is 2. The van der Waals surface area contributed by atoms with Crippen molar-refractivity contribution in [2.45, 2.75) is 32.6 Å². The van der Waals surface area contributed by atoms with Crippen LogP contribution in [0, 0.1) is 5.92 Å². The Balaban J connectivity index is 2.09. The first-order valence-electron chi connectivity index (χ1n) is 6.37. The van der Waals surface area contributed by atoms with Gasteiger partial charge in [0, 0.05) is 24.2 Å². The van der Waals surface area contributed by atoms with E-state index in [1.165, 1.54) is 0 Å². The number of H-pyrrole nitrogens is 1. The number of carboxylic acids is 1. The first-order valence-corrected chi connectivity index (χ1v) is 6.37. The summed E-state index contributed by atoms with van der Waals surface area (Å²) in [7, 11) is 0. The summed E-state index contributed by atoms with van der Waals surface area (Å²) in [5.74, 6) is -1.49. The lowest BCUT2D eigenvalue weighted by Crippen LogP contribution is -2.30. The number of hydrogen-bond donors (Lipinski definition) is 2. The summed E-state index contributed by atoms with van der Waals surface area (Å²) in [6.45, 7) is 6.85. The fourth-order valence-corrected chi connectivity index (χ4v) is 2.12. The van der Waals surface area contributed by atoms with E-state index in [0.717, 1.165) is 5.69 Å². The van der Waals surface area contributed by atoms with Crippen molar-refractivity contribution >= 4 is 11.9 Å². The standard InChI is InChI=1S/C13H19N3O3/c1-13(2,3)10-6-9(14-15-10)11(17)16-5-4-8(7-16)12(18)19/h6,8H,4-5,7H2,1-3H3,(H,14,15)(H,18,19)/t8-/m0/s1. The number of carbonyl (C=O) groups is 2. The summed E-state index contributed by atoms with van der Waals surface area (Å²) < 4.78 is 0. The van der Waals surface area contributed by atoms with Crippen molar-refractivity contribution < 1.29 is 14.7 Å². The fourth-order valence-electron chi connectivity index (χ4n) is 2.12. The second-order valence-electron chi connectivity index (χ2n) is 5.99. The number of nitrogens with one attached hydrogen (secondary N) is 1. The molecule has 6 nitrogen and oxygen atoms in total. The number of carboxylic acid groups (broad SMARTS) is 1. The minimum absolute atomic E-state index is 0.0971. The van der Waals surface area contributed by atoms with Crippen LogP contribution in [0.3, 0.4) is 0 Å². The van der Waals surface area contributed by atoms with Gasteiger partial charge in [0.25, 0.3) is 5.91 Å². The monoisotopic (exact) mass is 265 g/mol. The highest BCUT2D eigenvalue weighted by atomic mass is 16.4. The zero-order chi connectivity index (χ0) is 14.2. The van der Waals surface area contributed by atoms with Gasteiger partial charge in [-0.15, -0.1) is 0 Å². The van der Waals surface area contributed by atoms with Gasteiger partial charge in [0.15, 0.2) is 0 Å². The third kappa shape index (κ3) is 2.77. The number of aromatic nitrogens is 2. The van der Waals surface area contributed by atoms with Gasteiger partial charge in [-0.2, -0.15) is 5.10 Å². The van der Waals surface area contributed by atoms with Crippen LogP contribution in [0.5, 0.6) is 0 Å². The second-order valence-corrected chi connectivity index (χ2v) is 5.99. The van der Waals surface area contributed by atoms with Crippen LogP contribution < -0.4 is 0 Å². The average molecular weight is 265 g/mol. The molecule has 0 radical (unpaired) electrons. The van der Waals surface area contributed by atoms with Crippen LogP contribution in [0.2, 0.25) is 0 Å². The van der Waals surface area contributed by atoms with E-state index in [1.54, 1.807) is 11.0 Å². The molecule has 1 aliphatic heterocycles. The van der Waals surface area contributed by atoms with Gasteiger partial charge in [0.2, 0.25) is 0 Å². The van der Waals surface area contributed by atoms with Crippen molar-refractivity contribution in [3.8, 4) is 0 Å². The minimum Gasteiger partial charge on any atom is -0.481 e. The molecular weight excluding hydrogens is 246 g/mol. The van der Waals surface area contributed by atoms with Crippen molar-refractivity contribution in [1.82, 2.24) is 15.1 Å². The fraction of sp³-hybridized carbons (Fsp3) is 0.615. The Morgan fingerprint density at radius 2 is 2.16 bits per heavy atom. The highest BCUT2D eigenvalue weighted by molar-refractivity contribution is 5.93. The largest absolute Gasteiger partial charge is 0.481 e. The van der Waals surface area contributed by atoms with E-state index in [9.17, 15) is 9.59 Å². The quantitative estimate of drug-likeness (QED) is 0.842. The maximum atomic E-state index is 12.2. The molecule has 0 aromatic carbocycles. The number of rotatable bonds is 2. The third-order valence-electron chi connectivity index (χ3n) is 3.43. The average Bonchev–Trinajstić information content (AvgIpc) is 2.97. The maximum absolute atomic E-state index is 12.2. The van der Waals surface area contributed by atoms with Gasteiger partial charge in [-0.1, -0.05) is 20.8 Å². The van der Waals surface area contributed by atoms with Crippen molar-refractivity contribution in [2.24, 2.45) is 5.92 Å². The maximum Gasteiger partial charge on any atom is 0.308 e. The van der Waals surface area contributed by atoms with Crippen LogP contribution in [0.4, 0.5) is 0 Å². The van der Waals surface area contributed by atoms with E-state index in [1.807, 2.05) is 20.8 Å². The van der Waals surface area contributed by atoms with Gasteiger partial charge in [0.1, 0.15) is 5.69 Å². The lowest BCUT2D eigenvalue weighted by atomic mass is 9.92. The molecule has 6 heteroatoms. The van der Waals surface area contributed by atoms with E-state index in [0.29, 0.717) is 18.7 Å². The molecule has 0 saturated carbocycles. The molecule has 0 aliphatic carbocycles. The Morgan fingerprint density at radius 1 is 1.47 bits per heavy atom. The lowest BCUT2D eigenvalue weighted by molar-refractivity contribution is -0.141. The smallest absolute Gasteiger partial charge is 0.308 e. The molecule has 1 saturated heterocycles. The highest BCUT2D eigenvalue weighted by Crippen LogP contribution is 2.22. The predicted octanol–water partition coefficient (Wildman–Crippen LogP) is 1.25. The molecule has 2 rings (SSSR count). The number of carbonyl (C=O) groups excluding carboxylic acids is 1. The van der Waals surface area contributed by atoms with Crippen LogP contribution in [-0.4, -0.2) is 45.2 Å². The molecule has 0 bridgehead atoms. The van der Waals surface area contributed by atoms with Gasteiger partial charge in [-0.05, 0) is 12.5 Å². The van der Waals surface area contributed by atoms with Crippen LogP contribution in [0.15, 0.2) is 6.07 Å². The van der Waals surface area contributed by atoms with Gasteiger partial charge < -0.3 is 10.0 Å². The molecule has 19 heavy (non-hydrogen) atoms. The predicted molar refractivity (Wildman–Crippen MR) is 68.9 cm³/mol. The topological polar surface area (TPSA) is 86.3 Å². The van der Waals surface area contributed by atoms with Crippen molar-refractivity contribution in [2.75, 3.05) is 13.1 Å². The Labute approximate surface area is 111 Å². The molecular formula is C13H19N3O3. The molecule has 1 atom stereocenters. The summed E-state index contributed by atoms with van der Waals surface area (Å²) in [6.07, 6.45) is 0.512. The van der Waals surface area contributed by atoms with E-state index >= 15 is 0 Å². The molecule has 2 heterocycles. The third-order valence-corrected chi connectivity index (χ3v) is 3.43. The number of likely N-dealkylation sites (tertiary alicyclic amines) is 1. The van der Waals surface area contributed by atoms with Crippen LogP contribution >= 0.6 is 0 Å². The SMILES string of the molecule is CC(C)(C)c1cc(C(=O)N2CC[C@H](C(=O)O)C2)n[nH]1. The van der Waals surface area contributed by atoms with Crippen LogP contribution in [-0.2, 0) is 10.2 Å². The van der Waals surface area contributed by atoms with Gasteiger partial charge in [-0.3, -0.25) is 14.7 Å². The van der Waals surface area contributed by atoms with Crippen molar-refractivity contribution in [3.05, 3.63) is 17.5 Å². The minimum atomic E-state index is -0.840. The summed E-state index contributed by atoms with van der Waals surface area (Å²) in [5, 5.41) is 15.8. The molecule has 2 N–H and O–H groups in total. The summed E-state index contributed by atoms with van der Waals surface area (Å²) in [5.41, 5.74) is 1.15. The number of aliphatic carboxylic acids is 1. The van der Waals surface area contributed by atoms with Gasteiger partial charge in [-0.25, -0.2) is 0 Å². The Morgan fingerprint density at radius 3 is 2.63 bits per heavy atom. The zero-order valence-electron chi connectivity index (χ0n) is 11.4. The summed E-state index contributed by atoms with van der Waals surface area (Å²) in [4.78, 5) is 24.6. The van der Waals surface area contributed by atoms with E-state index in [4.69, 9.17) is 5.11 Å². The molecule has 0 spiro atoms. The number of hydrogen-bond acceptors (Lipinski definition) is 3. The molecule has 1 aromatic rings. The Kier molecular flexibility index (Phi) is 3.34. The van der Waals surface area contributed by atoms with Gasteiger partial charge >= 0.3 is 5.97 Å². The van der Waals surface area contributed by atoms with Crippen molar-refractivity contribution in [1.29, 1.82) is 0 Å². The van der Waals surface area contributed by atoms with Crippen LogP contribution in [0.1, 0.15) is 43.4 Å². The van der Waals surface area contributed by atoms with Gasteiger partial charge in [0.05, 0.1) is 5.92 Å². The Bertz CT molecular complexity index is 501. The molecule has 1 aromatic heterocycles. The first-order chi connectivity index (χ1) is 8.79. The molecule has 0 unspecified atom stereocenters. The van der Waals surface area contributed by atoms with E-state index < -0.39 is 11.9 Å². The number of amides is 1. The highest BCUT2D eigenvalue weighted by Gasteiger charge is 2.32. The van der Waals surface area contributed by atoms with Crippen molar-refractivity contribution in [3.63, 3.8) is 0 Å². The summed E-state index contributed by atoms with van der Waals surface area (Å²) in [6, 6.07) is 1.75. The van der Waals surface area contributed by atoms with E-state index in [-0.39, 0.29) is 17.9 Å². The number of aromatic amines is 1. The zero-order valence-corrected chi connectivity index (χ0v) is 11.4. The second kappa shape index (κ2) is 4.68. The summed E-state index contributed by atoms with van der Waals surface area (Å²) >= 11 is 0. The lowest BCUT2D eigenvalue weighted by Gasteiger charge is -2.15.